The van der Waals surface area contributed by atoms with Crippen molar-refractivity contribution in [3.05, 3.63) is 64.7 Å². The highest BCUT2D eigenvalue weighted by Gasteiger charge is 2.18. The van der Waals surface area contributed by atoms with Gasteiger partial charge < -0.3 is 10.1 Å². The van der Waals surface area contributed by atoms with E-state index in [2.05, 4.69) is 37.4 Å². The molecule has 0 aliphatic heterocycles. The number of carbonyl (C=O) groups is 1. The molecule has 3 heteroatoms. The quantitative estimate of drug-likeness (QED) is 0.896. The molecule has 1 amide bonds. The second-order valence-corrected chi connectivity index (χ2v) is 6.10. The summed E-state index contributed by atoms with van der Waals surface area (Å²) < 4.78 is 5.77. The third kappa shape index (κ3) is 4.35. The molecule has 122 valence electrons. The predicted molar refractivity (Wildman–Crippen MR) is 93.7 cm³/mol. The maximum Gasteiger partial charge on any atom is 0.261 e. The summed E-state index contributed by atoms with van der Waals surface area (Å²) in [6.45, 7) is 9.90. The lowest BCUT2D eigenvalue weighted by molar-refractivity contribution is -0.127. The largest absolute Gasteiger partial charge is 0.481 e. The molecular weight excluding hydrogens is 286 g/mol. The van der Waals surface area contributed by atoms with E-state index >= 15 is 0 Å². The highest BCUT2D eigenvalue weighted by molar-refractivity contribution is 5.81. The van der Waals surface area contributed by atoms with Crippen molar-refractivity contribution in [3.8, 4) is 5.75 Å². The van der Waals surface area contributed by atoms with Crippen molar-refractivity contribution in [1.82, 2.24) is 5.32 Å². The Morgan fingerprint density at radius 2 is 1.65 bits per heavy atom. The summed E-state index contributed by atoms with van der Waals surface area (Å²) >= 11 is 0. The van der Waals surface area contributed by atoms with Crippen LogP contribution in [0, 0.1) is 20.8 Å². The van der Waals surface area contributed by atoms with Gasteiger partial charge in [-0.1, -0.05) is 36.4 Å². The zero-order valence-electron chi connectivity index (χ0n) is 14.5. The molecule has 1 N–H and O–H groups in total. The molecule has 0 fully saturated rings. The van der Waals surface area contributed by atoms with Crippen molar-refractivity contribution in [3.63, 3.8) is 0 Å². The Bertz CT molecular complexity index is 694. The standard InChI is InChI=1S/C20H25NO2/c1-13-10-11-18(12-15(13)3)16(4)21-20(22)17(5)23-19-9-7-6-8-14(19)2/h6-12,16-17H,1-5H3,(H,21,22)/t16-,17+/m1/s1. The summed E-state index contributed by atoms with van der Waals surface area (Å²) in [7, 11) is 0. The van der Waals surface area contributed by atoms with Gasteiger partial charge in [0, 0.05) is 0 Å². The number of benzene rings is 2. The van der Waals surface area contributed by atoms with Gasteiger partial charge in [0.2, 0.25) is 0 Å². The summed E-state index contributed by atoms with van der Waals surface area (Å²) in [5, 5.41) is 3.02. The Balaban J connectivity index is 2.00. The first kappa shape index (κ1) is 17.1. The molecule has 2 aromatic carbocycles. The lowest BCUT2D eigenvalue weighted by Gasteiger charge is -2.20. The molecule has 0 saturated carbocycles. The lowest BCUT2D eigenvalue weighted by atomic mass is 10.0. The topological polar surface area (TPSA) is 38.3 Å². The fraction of sp³-hybridized carbons (Fsp3) is 0.350. The predicted octanol–water partition coefficient (Wildman–Crippen LogP) is 4.26. The van der Waals surface area contributed by atoms with Crippen LogP contribution in [0.2, 0.25) is 0 Å². The fourth-order valence-electron chi connectivity index (χ4n) is 2.38. The van der Waals surface area contributed by atoms with E-state index in [0.717, 1.165) is 16.9 Å². The number of hydrogen-bond donors (Lipinski definition) is 1. The highest BCUT2D eigenvalue weighted by Crippen LogP contribution is 2.19. The molecule has 0 unspecified atom stereocenters. The van der Waals surface area contributed by atoms with Crippen LogP contribution < -0.4 is 10.1 Å². The van der Waals surface area contributed by atoms with Gasteiger partial charge in [-0.3, -0.25) is 4.79 Å². The summed E-state index contributed by atoms with van der Waals surface area (Å²) in [5.41, 5.74) is 4.61. The van der Waals surface area contributed by atoms with Crippen molar-refractivity contribution in [2.24, 2.45) is 0 Å². The van der Waals surface area contributed by atoms with E-state index in [-0.39, 0.29) is 11.9 Å². The van der Waals surface area contributed by atoms with Gasteiger partial charge in [-0.2, -0.15) is 0 Å². The fourth-order valence-corrected chi connectivity index (χ4v) is 2.38. The second kappa shape index (κ2) is 7.32. The van der Waals surface area contributed by atoms with E-state index in [1.54, 1.807) is 6.92 Å². The smallest absolute Gasteiger partial charge is 0.261 e. The highest BCUT2D eigenvalue weighted by atomic mass is 16.5. The number of nitrogens with one attached hydrogen (secondary N) is 1. The molecule has 2 rings (SSSR count). The molecule has 0 bridgehead atoms. The van der Waals surface area contributed by atoms with E-state index in [1.807, 2.05) is 38.1 Å². The van der Waals surface area contributed by atoms with Crippen molar-refractivity contribution in [1.29, 1.82) is 0 Å². The normalized spacial score (nSPS) is 13.3. The Morgan fingerprint density at radius 1 is 0.957 bits per heavy atom. The Hall–Kier alpha value is -2.29. The van der Waals surface area contributed by atoms with Crippen LogP contribution >= 0.6 is 0 Å². The van der Waals surface area contributed by atoms with E-state index < -0.39 is 6.10 Å². The van der Waals surface area contributed by atoms with Crippen LogP contribution in [0.1, 0.15) is 42.1 Å². The molecule has 3 nitrogen and oxygen atoms in total. The molecule has 0 aromatic heterocycles. The van der Waals surface area contributed by atoms with Gasteiger partial charge in [0.15, 0.2) is 6.10 Å². The van der Waals surface area contributed by atoms with Crippen LogP contribution in [-0.2, 0) is 4.79 Å². The SMILES string of the molecule is Cc1ccc([C@@H](C)NC(=O)[C@H](C)Oc2ccccc2C)cc1C. The molecule has 0 saturated heterocycles. The van der Waals surface area contributed by atoms with Gasteiger partial charge >= 0.3 is 0 Å². The third-order valence-corrected chi connectivity index (χ3v) is 4.16. The molecule has 0 radical (unpaired) electrons. The van der Waals surface area contributed by atoms with Crippen LogP contribution in [0.5, 0.6) is 5.75 Å². The molecule has 0 aliphatic carbocycles. The monoisotopic (exact) mass is 311 g/mol. The summed E-state index contributed by atoms with van der Waals surface area (Å²) in [6.07, 6.45) is -0.537. The van der Waals surface area contributed by atoms with Crippen LogP contribution in [0.15, 0.2) is 42.5 Å². The number of para-hydroxylation sites is 1. The summed E-state index contributed by atoms with van der Waals surface area (Å²) in [4.78, 5) is 12.4. The second-order valence-electron chi connectivity index (χ2n) is 6.10. The van der Waals surface area contributed by atoms with Gasteiger partial charge in [-0.05, 0) is 62.9 Å². The molecular formula is C20H25NO2. The molecule has 2 atom stereocenters. The Morgan fingerprint density at radius 3 is 2.30 bits per heavy atom. The van der Waals surface area contributed by atoms with Crippen molar-refractivity contribution in [2.45, 2.75) is 46.8 Å². The zero-order chi connectivity index (χ0) is 17.0. The van der Waals surface area contributed by atoms with Gasteiger partial charge in [-0.15, -0.1) is 0 Å². The first-order valence-electron chi connectivity index (χ1n) is 7.98. The number of amides is 1. The number of hydrogen-bond acceptors (Lipinski definition) is 2. The van der Waals surface area contributed by atoms with Crippen molar-refractivity contribution >= 4 is 5.91 Å². The summed E-state index contributed by atoms with van der Waals surface area (Å²) in [6, 6.07) is 13.9. The third-order valence-electron chi connectivity index (χ3n) is 4.16. The maximum atomic E-state index is 12.4. The van der Waals surface area contributed by atoms with Crippen LogP contribution in [-0.4, -0.2) is 12.0 Å². The number of ether oxygens (including phenoxy) is 1. The molecule has 2 aromatic rings. The average Bonchev–Trinajstić information content (AvgIpc) is 2.52. The van der Waals surface area contributed by atoms with E-state index in [4.69, 9.17) is 4.74 Å². The first-order chi connectivity index (χ1) is 10.9. The van der Waals surface area contributed by atoms with E-state index in [1.165, 1.54) is 11.1 Å². The lowest BCUT2D eigenvalue weighted by Crippen LogP contribution is -2.37. The first-order valence-corrected chi connectivity index (χ1v) is 7.98. The van der Waals surface area contributed by atoms with E-state index in [9.17, 15) is 4.79 Å². The minimum absolute atomic E-state index is 0.0512. The van der Waals surface area contributed by atoms with Crippen molar-refractivity contribution in [2.75, 3.05) is 0 Å². The number of rotatable bonds is 5. The minimum atomic E-state index is -0.537. The maximum absolute atomic E-state index is 12.4. The van der Waals surface area contributed by atoms with Crippen LogP contribution in [0.25, 0.3) is 0 Å². The van der Waals surface area contributed by atoms with Crippen LogP contribution in [0.4, 0.5) is 0 Å². The van der Waals surface area contributed by atoms with Gasteiger partial charge in [0.05, 0.1) is 6.04 Å². The molecule has 0 aliphatic rings. The average molecular weight is 311 g/mol. The molecule has 23 heavy (non-hydrogen) atoms. The minimum Gasteiger partial charge on any atom is -0.481 e. The van der Waals surface area contributed by atoms with E-state index in [0.29, 0.717) is 0 Å². The van der Waals surface area contributed by atoms with Crippen LogP contribution in [0.3, 0.4) is 0 Å². The Labute approximate surface area is 138 Å². The molecule has 0 heterocycles. The molecule has 0 spiro atoms. The summed E-state index contributed by atoms with van der Waals surface area (Å²) in [5.74, 6) is 0.632. The van der Waals surface area contributed by atoms with Gasteiger partial charge in [0.25, 0.3) is 5.91 Å². The number of carbonyl (C=O) groups excluding carboxylic acids is 1. The number of aryl methyl sites for hydroxylation is 3. The zero-order valence-corrected chi connectivity index (χ0v) is 14.5. The van der Waals surface area contributed by atoms with Crippen molar-refractivity contribution < 1.29 is 9.53 Å². The van der Waals surface area contributed by atoms with Gasteiger partial charge in [-0.25, -0.2) is 0 Å². The van der Waals surface area contributed by atoms with Gasteiger partial charge in [0.1, 0.15) is 5.75 Å². The Kier molecular flexibility index (Phi) is 5.43.